The van der Waals surface area contributed by atoms with Crippen molar-refractivity contribution in [1.29, 1.82) is 0 Å². The molecule has 14 N–H and O–H groups in total. The molecular weight excluding hydrogens is 984 g/mol. The Labute approximate surface area is 418 Å². The zero-order valence-corrected chi connectivity index (χ0v) is 40.0. The minimum atomic E-state index is -1.93. The van der Waals surface area contributed by atoms with Gasteiger partial charge in [-0.3, -0.25) is 9.59 Å². The van der Waals surface area contributed by atoms with E-state index in [1.807, 2.05) is 0 Å². The summed E-state index contributed by atoms with van der Waals surface area (Å²) in [5.41, 5.74) is 0. The van der Waals surface area contributed by atoms with Crippen molar-refractivity contribution in [1.82, 2.24) is 0 Å². The summed E-state index contributed by atoms with van der Waals surface area (Å²) in [5, 5.41) is 148. The minimum Gasteiger partial charge on any atom is -0.481 e. The second-order valence-electron chi connectivity index (χ2n) is 20.2. The number of fused-ring (bicyclic) bond motifs is 1. The quantitative estimate of drug-likeness (QED) is 0.0366. The third kappa shape index (κ3) is 13.9. The van der Waals surface area contributed by atoms with Gasteiger partial charge in [-0.2, -0.15) is 0 Å². The molecule has 4 heterocycles. The standard InChI is InChI=1S/C46H72O27/c1-64-25-8-17(2-5-21(25)48)3-7-32(53)65-15-29-35(56)38(59)40(61)44(72-29)67-19-10-23(50)20-12-27(70-46-42(63)39(60)36(57)30(73-46)16-66-33(54)13-31(51)52)43(68-24(20)11-19)18-4-6-22(49)26(9-18)69-45-41(62)37(58)34(55)28(14-47)71-45/h3,7,17-30,34-50,55-63H,2,4-6,8-16H2,1H3,(H,51,52)/t17?,18?,19?,20?,21?,22?,23?,24?,25?,26?,27?,28-,29-,30-,34-,35-,36-,37+,38+,39+,40-,41-,42-,43?,44-,45-,46-/m1/s1. The van der Waals surface area contributed by atoms with Crippen LogP contribution < -0.4 is 0 Å². The average molecular weight is 1060 g/mol. The highest BCUT2D eigenvalue weighted by molar-refractivity contribution is 5.90. The largest absolute Gasteiger partial charge is 0.481 e. The Morgan fingerprint density at radius 2 is 1.10 bits per heavy atom. The lowest BCUT2D eigenvalue weighted by molar-refractivity contribution is -0.341. The van der Waals surface area contributed by atoms with Gasteiger partial charge in [0, 0.05) is 31.9 Å². The first-order chi connectivity index (χ1) is 34.7. The molecular formula is C46H72O27. The molecule has 3 saturated carbocycles. The number of aliphatic hydroxyl groups is 13. The molecule has 4 aliphatic heterocycles. The molecule has 7 aliphatic rings. The van der Waals surface area contributed by atoms with Crippen molar-refractivity contribution in [3.05, 3.63) is 12.2 Å². The normalized spacial score (nSPS) is 47.6. The smallest absolute Gasteiger partial charge is 0.330 e. The van der Waals surface area contributed by atoms with Gasteiger partial charge >= 0.3 is 17.9 Å². The maximum Gasteiger partial charge on any atom is 0.330 e. The Bertz CT molecular complexity index is 1830. The molecule has 27 heteroatoms. The number of ether oxygens (including phenoxy) is 10. The van der Waals surface area contributed by atoms with Crippen LogP contribution in [0, 0.1) is 17.8 Å². The van der Waals surface area contributed by atoms with E-state index < -0.39 is 197 Å². The number of carbonyl (C=O) groups excluding carboxylic acids is 2. The molecule has 0 spiro atoms. The number of hydrogen-bond acceptors (Lipinski definition) is 26. The van der Waals surface area contributed by atoms with E-state index in [2.05, 4.69) is 0 Å². The predicted octanol–water partition coefficient (Wildman–Crippen LogP) is -6.06. The molecule has 7 rings (SSSR count). The van der Waals surface area contributed by atoms with Crippen molar-refractivity contribution >= 4 is 17.9 Å². The second kappa shape index (κ2) is 25.6. The van der Waals surface area contributed by atoms with E-state index in [0.717, 1.165) is 0 Å². The van der Waals surface area contributed by atoms with Crippen molar-refractivity contribution in [2.24, 2.45) is 17.8 Å². The van der Waals surface area contributed by atoms with Crippen LogP contribution in [0.5, 0.6) is 0 Å². The number of aliphatic hydroxyl groups excluding tert-OH is 13. The van der Waals surface area contributed by atoms with Crippen LogP contribution in [0.2, 0.25) is 0 Å². The zero-order valence-electron chi connectivity index (χ0n) is 40.0. The van der Waals surface area contributed by atoms with Gasteiger partial charge in [-0.1, -0.05) is 6.08 Å². The number of aliphatic carboxylic acids is 1. The maximum absolute atomic E-state index is 12.7. The van der Waals surface area contributed by atoms with E-state index in [1.54, 1.807) is 6.08 Å². The first kappa shape index (κ1) is 58.0. The fourth-order valence-electron chi connectivity index (χ4n) is 11.0. The van der Waals surface area contributed by atoms with Crippen LogP contribution in [0.15, 0.2) is 12.2 Å². The molecule has 73 heavy (non-hydrogen) atoms. The van der Waals surface area contributed by atoms with E-state index in [9.17, 15) is 80.8 Å². The third-order valence-corrected chi connectivity index (χ3v) is 15.3. The van der Waals surface area contributed by atoms with Crippen LogP contribution >= 0.6 is 0 Å². The molecule has 27 atom stereocenters. The van der Waals surface area contributed by atoms with Gasteiger partial charge in [-0.25, -0.2) is 4.79 Å². The van der Waals surface area contributed by atoms with Crippen LogP contribution in [0.4, 0.5) is 0 Å². The van der Waals surface area contributed by atoms with Crippen molar-refractivity contribution in [2.45, 2.75) is 211 Å². The maximum atomic E-state index is 12.7. The van der Waals surface area contributed by atoms with Crippen molar-refractivity contribution in [3.63, 3.8) is 0 Å². The van der Waals surface area contributed by atoms with Gasteiger partial charge in [0.05, 0.1) is 61.5 Å². The number of carboxylic acid groups (broad SMARTS) is 1. The number of carbonyl (C=O) groups is 3. The SMILES string of the molecule is COC1CC(C=CC(=O)OC[C@H]2O[C@@H](OC3CC(O)C4CC(O[C@@H]5O[C@H](COC(=O)CC(=O)O)[C@@H](O)[C@H](O)[C@H]5O)C(C5CCC(O)C(O[C@@H]6O[C@H](CO)[C@@H](O)[C@H](O)[C@H]6O)C5)OC4C3)[C@H](O)[C@@H](O)[C@@H]2O)CCC1O. The highest BCUT2D eigenvalue weighted by atomic mass is 16.7. The summed E-state index contributed by atoms with van der Waals surface area (Å²) in [5.74, 6) is -4.87. The van der Waals surface area contributed by atoms with E-state index in [0.29, 0.717) is 19.3 Å². The zero-order chi connectivity index (χ0) is 53.0. The fourth-order valence-corrected chi connectivity index (χ4v) is 11.0. The summed E-state index contributed by atoms with van der Waals surface area (Å²) >= 11 is 0. The summed E-state index contributed by atoms with van der Waals surface area (Å²) in [6.45, 7) is -2.04. The van der Waals surface area contributed by atoms with Gasteiger partial charge in [0.15, 0.2) is 18.9 Å². The van der Waals surface area contributed by atoms with Crippen molar-refractivity contribution < 1.29 is 133 Å². The molecule has 0 aromatic heterocycles. The summed E-state index contributed by atoms with van der Waals surface area (Å²) in [6, 6.07) is 0. The van der Waals surface area contributed by atoms with Gasteiger partial charge in [0.25, 0.3) is 0 Å². The molecule has 0 bridgehead atoms. The third-order valence-electron chi connectivity index (χ3n) is 15.3. The van der Waals surface area contributed by atoms with E-state index in [4.69, 9.17) is 52.5 Å². The molecule has 27 nitrogen and oxygen atoms in total. The number of esters is 2. The first-order valence-electron chi connectivity index (χ1n) is 24.8. The monoisotopic (exact) mass is 1060 g/mol. The van der Waals surface area contributed by atoms with Crippen LogP contribution in [0.25, 0.3) is 0 Å². The average Bonchev–Trinajstić information content (AvgIpc) is 3.36. The lowest BCUT2D eigenvalue weighted by atomic mass is 9.72. The molecule has 418 valence electrons. The van der Waals surface area contributed by atoms with Crippen molar-refractivity contribution in [3.8, 4) is 0 Å². The lowest BCUT2D eigenvalue weighted by Crippen LogP contribution is -2.63. The van der Waals surface area contributed by atoms with Crippen LogP contribution in [0.3, 0.4) is 0 Å². The molecule has 4 saturated heterocycles. The van der Waals surface area contributed by atoms with Crippen LogP contribution in [0.1, 0.15) is 64.2 Å². The van der Waals surface area contributed by atoms with Gasteiger partial charge in [-0.15, -0.1) is 0 Å². The van der Waals surface area contributed by atoms with Gasteiger partial charge < -0.3 is 119 Å². The Morgan fingerprint density at radius 3 is 1.70 bits per heavy atom. The highest BCUT2D eigenvalue weighted by Crippen LogP contribution is 2.45. The van der Waals surface area contributed by atoms with E-state index in [-0.39, 0.29) is 50.5 Å². The molecule has 12 unspecified atom stereocenters. The molecule has 0 amide bonds. The van der Waals surface area contributed by atoms with Gasteiger partial charge in [0.1, 0.15) is 92.9 Å². The molecule has 0 aromatic rings. The molecule has 0 radical (unpaired) electrons. The number of rotatable bonds is 17. The van der Waals surface area contributed by atoms with Crippen LogP contribution in [-0.4, -0.2) is 263 Å². The van der Waals surface area contributed by atoms with Crippen molar-refractivity contribution in [2.75, 3.05) is 26.9 Å². The lowest BCUT2D eigenvalue weighted by Gasteiger charge is -2.52. The Balaban J connectivity index is 1.05. The van der Waals surface area contributed by atoms with Crippen LogP contribution in [-0.2, 0) is 61.8 Å². The Morgan fingerprint density at radius 1 is 0.548 bits per heavy atom. The summed E-state index contributed by atoms with van der Waals surface area (Å²) < 4.78 is 58.0. The molecule has 3 aliphatic carbocycles. The first-order valence-corrected chi connectivity index (χ1v) is 24.8. The fraction of sp³-hybridized carbons (Fsp3) is 0.891. The highest BCUT2D eigenvalue weighted by Gasteiger charge is 2.55. The Kier molecular flexibility index (Phi) is 20.4. The molecule has 0 aromatic carbocycles. The second-order valence-corrected chi connectivity index (χ2v) is 20.2. The topological polar surface area (TPSA) is 427 Å². The molecule has 7 fully saturated rings. The Hall–Kier alpha value is -2.69. The number of methoxy groups -OCH3 is 1. The van der Waals surface area contributed by atoms with E-state index >= 15 is 0 Å². The minimum absolute atomic E-state index is 0.0188. The van der Waals surface area contributed by atoms with Gasteiger partial charge in [-0.05, 0) is 56.8 Å². The predicted molar refractivity (Wildman–Crippen MR) is 235 cm³/mol. The summed E-state index contributed by atoms with van der Waals surface area (Å²) in [7, 11) is 1.49. The summed E-state index contributed by atoms with van der Waals surface area (Å²) in [4.78, 5) is 35.7. The number of allylic oxidation sites excluding steroid dienone is 1. The van der Waals surface area contributed by atoms with E-state index in [1.165, 1.54) is 13.2 Å². The number of hydrogen-bond donors (Lipinski definition) is 14. The summed E-state index contributed by atoms with van der Waals surface area (Å²) in [6.07, 6.45) is -30.3. The number of carboxylic acids is 1. The van der Waals surface area contributed by atoms with Gasteiger partial charge in [0.2, 0.25) is 0 Å².